The van der Waals surface area contributed by atoms with E-state index < -0.39 is 0 Å². The Bertz CT molecular complexity index is 992. The Balaban J connectivity index is 1.84. The molecule has 4 N–H and O–H groups in total. The van der Waals surface area contributed by atoms with E-state index in [1.807, 2.05) is 32.0 Å². The Labute approximate surface area is 160 Å². The standard InChI is InChI=1S/C19H17BrN6/c1-11-9-15(20)17(22)12(2)18(11)25-16-7-8-23-19(26-16)24-14-5-3-13(10-21)4-6-14/h3-9H,22H2,1-2H3,(H2,23,24,25,26). The number of hydrogen-bond donors (Lipinski definition) is 3. The van der Waals surface area contributed by atoms with Crippen molar-refractivity contribution in [3.8, 4) is 6.07 Å². The summed E-state index contributed by atoms with van der Waals surface area (Å²) in [4.78, 5) is 8.73. The molecule has 0 saturated heterocycles. The maximum Gasteiger partial charge on any atom is 0.229 e. The van der Waals surface area contributed by atoms with Crippen LogP contribution in [0.15, 0.2) is 47.1 Å². The van der Waals surface area contributed by atoms with Gasteiger partial charge >= 0.3 is 0 Å². The van der Waals surface area contributed by atoms with Gasteiger partial charge in [0.2, 0.25) is 5.95 Å². The molecule has 0 spiro atoms. The van der Waals surface area contributed by atoms with Gasteiger partial charge in [0.25, 0.3) is 0 Å². The van der Waals surface area contributed by atoms with E-state index in [4.69, 9.17) is 11.0 Å². The number of nitrogens with two attached hydrogens (primary N) is 1. The molecule has 7 heteroatoms. The molecule has 0 bridgehead atoms. The molecule has 0 fully saturated rings. The number of hydrogen-bond acceptors (Lipinski definition) is 6. The minimum atomic E-state index is 0.458. The third-order valence-electron chi connectivity index (χ3n) is 3.95. The van der Waals surface area contributed by atoms with Crippen molar-refractivity contribution >= 4 is 44.8 Å². The first-order valence-corrected chi connectivity index (χ1v) is 8.69. The van der Waals surface area contributed by atoms with Crippen LogP contribution in [0.1, 0.15) is 16.7 Å². The lowest BCUT2D eigenvalue weighted by atomic mass is 10.1. The van der Waals surface area contributed by atoms with Crippen LogP contribution in [0.4, 0.5) is 28.8 Å². The third kappa shape index (κ3) is 3.76. The predicted octanol–water partition coefficient (Wildman–Crippen LogP) is 4.80. The highest BCUT2D eigenvalue weighted by Crippen LogP contribution is 2.33. The van der Waals surface area contributed by atoms with Crippen molar-refractivity contribution in [1.82, 2.24) is 9.97 Å². The van der Waals surface area contributed by atoms with E-state index >= 15 is 0 Å². The molecule has 1 heterocycles. The van der Waals surface area contributed by atoms with Crippen LogP contribution in [0, 0.1) is 25.2 Å². The van der Waals surface area contributed by atoms with Gasteiger partial charge in [-0.1, -0.05) is 0 Å². The van der Waals surface area contributed by atoms with Crippen molar-refractivity contribution in [1.29, 1.82) is 5.26 Å². The van der Waals surface area contributed by atoms with E-state index in [2.05, 4.69) is 42.6 Å². The van der Waals surface area contributed by atoms with Gasteiger partial charge in [-0.2, -0.15) is 10.2 Å². The topological polar surface area (TPSA) is 99.6 Å². The predicted molar refractivity (Wildman–Crippen MR) is 108 cm³/mol. The zero-order chi connectivity index (χ0) is 18.7. The van der Waals surface area contributed by atoms with E-state index in [9.17, 15) is 0 Å². The van der Waals surface area contributed by atoms with Gasteiger partial charge in [-0.25, -0.2) is 4.98 Å². The number of nitrogens with zero attached hydrogens (tertiary/aromatic N) is 3. The summed E-state index contributed by atoms with van der Waals surface area (Å²) < 4.78 is 0.879. The molecule has 26 heavy (non-hydrogen) atoms. The zero-order valence-electron chi connectivity index (χ0n) is 14.3. The molecule has 6 nitrogen and oxygen atoms in total. The van der Waals surface area contributed by atoms with Gasteiger partial charge in [-0.05, 0) is 77.3 Å². The molecule has 2 aromatic carbocycles. The van der Waals surface area contributed by atoms with Gasteiger partial charge in [0.1, 0.15) is 5.82 Å². The summed E-state index contributed by atoms with van der Waals surface area (Å²) in [5.41, 5.74) is 11.2. The van der Waals surface area contributed by atoms with Crippen molar-refractivity contribution in [3.05, 3.63) is 63.8 Å². The van der Waals surface area contributed by atoms with Gasteiger partial charge in [-0.15, -0.1) is 0 Å². The Morgan fingerprint density at radius 3 is 2.54 bits per heavy atom. The van der Waals surface area contributed by atoms with Crippen LogP contribution < -0.4 is 16.4 Å². The van der Waals surface area contributed by atoms with Gasteiger partial charge < -0.3 is 16.4 Å². The monoisotopic (exact) mass is 408 g/mol. The van der Waals surface area contributed by atoms with E-state index in [0.29, 0.717) is 23.0 Å². The van der Waals surface area contributed by atoms with Crippen molar-refractivity contribution in [2.75, 3.05) is 16.4 Å². The summed E-state index contributed by atoms with van der Waals surface area (Å²) in [5, 5.41) is 15.3. The summed E-state index contributed by atoms with van der Waals surface area (Å²) in [6.07, 6.45) is 1.67. The SMILES string of the molecule is Cc1cc(Br)c(N)c(C)c1Nc1ccnc(Nc2ccc(C#N)cc2)n1. The summed E-state index contributed by atoms with van der Waals surface area (Å²) in [6, 6.07) is 13.0. The lowest BCUT2D eigenvalue weighted by Gasteiger charge is -2.16. The quantitative estimate of drug-likeness (QED) is 0.536. The number of benzene rings is 2. The number of anilines is 5. The number of halogens is 1. The molecule has 0 radical (unpaired) electrons. The number of nitrogens with one attached hydrogen (secondary N) is 2. The maximum atomic E-state index is 8.86. The van der Waals surface area contributed by atoms with Crippen molar-refractivity contribution in [2.24, 2.45) is 0 Å². The fourth-order valence-electron chi connectivity index (χ4n) is 2.52. The Morgan fingerprint density at radius 2 is 1.85 bits per heavy atom. The molecule has 0 aliphatic rings. The fraction of sp³-hybridized carbons (Fsp3) is 0.105. The summed E-state index contributed by atoms with van der Waals surface area (Å²) in [7, 11) is 0. The first-order chi connectivity index (χ1) is 12.5. The Morgan fingerprint density at radius 1 is 1.12 bits per heavy atom. The Hall–Kier alpha value is -3.11. The first kappa shape index (κ1) is 17.7. The maximum absolute atomic E-state index is 8.86. The molecule has 0 aliphatic carbocycles. The lowest BCUT2D eigenvalue weighted by molar-refractivity contribution is 1.16. The molecular formula is C19H17BrN6. The summed E-state index contributed by atoms with van der Waals surface area (Å²) in [6.45, 7) is 3.98. The van der Waals surface area contributed by atoms with Crippen molar-refractivity contribution in [2.45, 2.75) is 13.8 Å². The van der Waals surface area contributed by atoms with Crippen LogP contribution in [0.2, 0.25) is 0 Å². The molecule has 0 saturated carbocycles. The molecular weight excluding hydrogens is 392 g/mol. The second-order valence-corrected chi connectivity index (χ2v) is 6.65. The molecule has 0 aliphatic heterocycles. The summed E-state index contributed by atoms with van der Waals surface area (Å²) in [5.74, 6) is 1.11. The highest BCUT2D eigenvalue weighted by molar-refractivity contribution is 9.10. The van der Waals surface area contributed by atoms with Gasteiger partial charge in [0.15, 0.2) is 0 Å². The molecule has 130 valence electrons. The van der Waals surface area contributed by atoms with E-state index in [1.54, 1.807) is 24.4 Å². The molecule has 0 atom stereocenters. The van der Waals surface area contributed by atoms with E-state index in [1.165, 1.54) is 0 Å². The first-order valence-electron chi connectivity index (χ1n) is 7.90. The van der Waals surface area contributed by atoms with Gasteiger partial charge in [0.05, 0.1) is 17.3 Å². The third-order valence-corrected chi connectivity index (χ3v) is 4.61. The molecule has 0 amide bonds. The average Bonchev–Trinajstić information content (AvgIpc) is 2.64. The Kier molecular flexibility index (Phi) is 5.05. The molecule has 0 unspecified atom stereocenters. The zero-order valence-corrected chi connectivity index (χ0v) is 15.9. The van der Waals surface area contributed by atoms with Crippen LogP contribution in [0.3, 0.4) is 0 Å². The average molecular weight is 409 g/mol. The van der Waals surface area contributed by atoms with E-state index in [-0.39, 0.29) is 0 Å². The minimum Gasteiger partial charge on any atom is -0.398 e. The van der Waals surface area contributed by atoms with Crippen LogP contribution in [-0.4, -0.2) is 9.97 Å². The minimum absolute atomic E-state index is 0.458. The van der Waals surface area contributed by atoms with Crippen LogP contribution >= 0.6 is 15.9 Å². The number of aromatic nitrogens is 2. The highest BCUT2D eigenvalue weighted by Gasteiger charge is 2.11. The molecule has 3 rings (SSSR count). The van der Waals surface area contributed by atoms with E-state index in [0.717, 1.165) is 27.0 Å². The largest absolute Gasteiger partial charge is 0.398 e. The van der Waals surface area contributed by atoms with Gasteiger partial charge in [0, 0.05) is 22.0 Å². The van der Waals surface area contributed by atoms with Crippen LogP contribution in [0.25, 0.3) is 0 Å². The lowest BCUT2D eigenvalue weighted by Crippen LogP contribution is -2.04. The van der Waals surface area contributed by atoms with Crippen LogP contribution in [-0.2, 0) is 0 Å². The second kappa shape index (κ2) is 7.42. The normalized spacial score (nSPS) is 10.2. The highest BCUT2D eigenvalue weighted by atomic mass is 79.9. The summed E-state index contributed by atoms with van der Waals surface area (Å²) >= 11 is 3.47. The van der Waals surface area contributed by atoms with Crippen molar-refractivity contribution in [3.63, 3.8) is 0 Å². The van der Waals surface area contributed by atoms with Gasteiger partial charge in [-0.3, -0.25) is 0 Å². The van der Waals surface area contributed by atoms with Crippen molar-refractivity contribution < 1.29 is 0 Å². The fourth-order valence-corrected chi connectivity index (χ4v) is 3.16. The number of rotatable bonds is 4. The second-order valence-electron chi connectivity index (χ2n) is 5.79. The van der Waals surface area contributed by atoms with Crippen LogP contribution in [0.5, 0.6) is 0 Å². The molecule has 1 aromatic heterocycles. The number of nitriles is 1. The number of aryl methyl sites for hydroxylation is 1. The number of nitrogen functional groups attached to an aromatic ring is 1. The smallest absolute Gasteiger partial charge is 0.229 e. The molecule has 3 aromatic rings.